The summed E-state index contributed by atoms with van der Waals surface area (Å²) in [4.78, 5) is 29.0. The zero-order valence-corrected chi connectivity index (χ0v) is 18.6. The lowest BCUT2D eigenvalue weighted by Crippen LogP contribution is -2.21. The number of halogens is 1. The van der Waals surface area contributed by atoms with Gasteiger partial charge in [0.2, 0.25) is 0 Å². The molecule has 32 heavy (non-hydrogen) atoms. The van der Waals surface area contributed by atoms with Gasteiger partial charge >= 0.3 is 5.97 Å². The summed E-state index contributed by atoms with van der Waals surface area (Å²) in [5.74, 6) is -1.04. The SMILES string of the molecule is Cc1ccc(-n2nc(C)c(NC(=O)COC(=O)c3ccc4nc(Cl)ccc4c3)c2C)cc1. The first-order valence-electron chi connectivity index (χ1n) is 9.98. The van der Waals surface area contributed by atoms with Gasteiger partial charge in [0.1, 0.15) is 5.15 Å². The van der Waals surface area contributed by atoms with Gasteiger partial charge in [-0.05, 0) is 63.2 Å². The van der Waals surface area contributed by atoms with Gasteiger partial charge in [0.05, 0.1) is 33.8 Å². The van der Waals surface area contributed by atoms with E-state index in [4.69, 9.17) is 16.3 Å². The van der Waals surface area contributed by atoms with Crippen LogP contribution < -0.4 is 5.32 Å². The number of anilines is 1. The van der Waals surface area contributed by atoms with E-state index in [1.165, 1.54) is 0 Å². The van der Waals surface area contributed by atoms with Gasteiger partial charge in [-0.1, -0.05) is 29.3 Å². The third kappa shape index (κ3) is 4.48. The van der Waals surface area contributed by atoms with Crippen LogP contribution in [0, 0.1) is 20.8 Å². The fourth-order valence-corrected chi connectivity index (χ4v) is 3.53. The molecule has 0 saturated heterocycles. The first kappa shape index (κ1) is 21.5. The van der Waals surface area contributed by atoms with Crippen LogP contribution >= 0.6 is 11.6 Å². The molecule has 0 bridgehead atoms. The Balaban J connectivity index is 1.42. The molecular formula is C24H21ClN4O3. The molecule has 1 amide bonds. The molecule has 0 spiro atoms. The smallest absolute Gasteiger partial charge is 0.338 e. The van der Waals surface area contributed by atoms with Gasteiger partial charge in [0.15, 0.2) is 6.61 Å². The van der Waals surface area contributed by atoms with E-state index in [0.717, 1.165) is 22.3 Å². The van der Waals surface area contributed by atoms with E-state index in [0.29, 0.717) is 27.6 Å². The number of rotatable bonds is 5. The standard InChI is InChI=1S/C24H21ClN4O3/c1-14-4-8-19(9-5-14)29-16(3)23(15(2)28-29)27-22(30)13-32-24(31)18-6-10-20-17(12-18)7-11-21(25)26-20/h4-12H,13H2,1-3H3,(H,27,30). The summed E-state index contributed by atoms with van der Waals surface area (Å²) >= 11 is 5.88. The van der Waals surface area contributed by atoms with Crippen molar-refractivity contribution in [2.45, 2.75) is 20.8 Å². The van der Waals surface area contributed by atoms with Crippen LogP contribution in [0.1, 0.15) is 27.3 Å². The molecule has 162 valence electrons. The molecule has 0 radical (unpaired) electrons. The van der Waals surface area contributed by atoms with Crippen LogP contribution in [0.2, 0.25) is 5.15 Å². The van der Waals surface area contributed by atoms with E-state index in [1.54, 1.807) is 35.0 Å². The van der Waals surface area contributed by atoms with Crippen LogP contribution in [-0.4, -0.2) is 33.2 Å². The van der Waals surface area contributed by atoms with Crippen LogP contribution in [0.25, 0.3) is 16.6 Å². The molecule has 2 aromatic carbocycles. The number of benzene rings is 2. The van der Waals surface area contributed by atoms with Gasteiger partial charge in [-0.3, -0.25) is 4.79 Å². The zero-order chi connectivity index (χ0) is 22.8. The average Bonchev–Trinajstić information content (AvgIpc) is 3.06. The lowest BCUT2D eigenvalue weighted by atomic mass is 10.1. The molecule has 0 saturated carbocycles. The lowest BCUT2D eigenvalue weighted by molar-refractivity contribution is -0.119. The number of carbonyl (C=O) groups is 2. The number of hydrogen-bond donors (Lipinski definition) is 1. The van der Waals surface area contributed by atoms with Gasteiger partial charge in [-0.2, -0.15) is 5.10 Å². The van der Waals surface area contributed by atoms with Gasteiger partial charge < -0.3 is 10.1 Å². The van der Waals surface area contributed by atoms with Crippen LogP contribution in [0.4, 0.5) is 5.69 Å². The fraction of sp³-hybridized carbons (Fsp3) is 0.167. The van der Waals surface area contributed by atoms with Crippen molar-refractivity contribution >= 4 is 40.1 Å². The Morgan fingerprint density at radius 3 is 2.53 bits per heavy atom. The average molecular weight is 449 g/mol. The van der Waals surface area contributed by atoms with Gasteiger partial charge in [0, 0.05) is 5.39 Å². The first-order chi connectivity index (χ1) is 15.3. The van der Waals surface area contributed by atoms with Crippen molar-refractivity contribution in [3.8, 4) is 5.69 Å². The fourth-order valence-electron chi connectivity index (χ4n) is 3.38. The predicted octanol–water partition coefficient (Wildman–Crippen LogP) is 4.79. The van der Waals surface area contributed by atoms with Crippen molar-refractivity contribution < 1.29 is 14.3 Å². The van der Waals surface area contributed by atoms with Crippen molar-refractivity contribution in [1.29, 1.82) is 0 Å². The Morgan fingerprint density at radius 1 is 1.03 bits per heavy atom. The van der Waals surface area contributed by atoms with Crippen LogP contribution in [0.15, 0.2) is 54.6 Å². The number of pyridine rings is 1. The van der Waals surface area contributed by atoms with Crippen molar-refractivity contribution in [2.75, 3.05) is 11.9 Å². The summed E-state index contributed by atoms with van der Waals surface area (Å²) in [7, 11) is 0. The summed E-state index contributed by atoms with van der Waals surface area (Å²) < 4.78 is 6.96. The van der Waals surface area contributed by atoms with E-state index in [-0.39, 0.29) is 0 Å². The van der Waals surface area contributed by atoms with Gasteiger partial charge in [-0.25, -0.2) is 14.5 Å². The van der Waals surface area contributed by atoms with Crippen molar-refractivity contribution in [3.05, 3.63) is 82.3 Å². The first-order valence-corrected chi connectivity index (χ1v) is 10.4. The molecule has 4 aromatic rings. The molecule has 0 atom stereocenters. The molecule has 1 N–H and O–H groups in total. The molecule has 0 aliphatic rings. The quantitative estimate of drug-likeness (QED) is 0.350. The largest absolute Gasteiger partial charge is 0.452 e. The normalized spacial score (nSPS) is 10.9. The summed E-state index contributed by atoms with van der Waals surface area (Å²) in [5, 5.41) is 8.45. The predicted molar refractivity (Wildman–Crippen MR) is 123 cm³/mol. The maximum Gasteiger partial charge on any atom is 0.338 e. The number of esters is 1. The minimum Gasteiger partial charge on any atom is -0.452 e. The van der Waals surface area contributed by atoms with Crippen molar-refractivity contribution in [2.24, 2.45) is 0 Å². The Labute approximate surface area is 190 Å². The van der Waals surface area contributed by atoms with Crippen LogP contribution in [0.5, 0.6) is 0 Å². The zero-order valence-electron chi connectivity index (χ0n) is 17.8. The molecule has 0 unspecified atom stereocenters. The molecular weight excluding hydrogens is 428 g/mol. The van der Waals surface area contributed by atoms with Gasteiger partial charge in [0.25, 0.3) is 5.91 Å². The van der Waals surface area contributed by atoms with Gasteiger partial charge in [-0.15, -0.1) is 0 Å². The monoisotopic (exact) mass is 448 g/mol. The number of aryl methyl sites for hydroxylation is 2. The molecule has 7 nitrogen and oxygen atoms in total. The number of fused-ring (bicyclic) bond motifs is 1. The third-order valence-electron chi connectivity index (χ3n) is 5.06. The van der Waals surface area contributed by atoms with Crippen molar-refractivity contribution in [3.63, 3.8) is 0 Å². The highest BCUT2D eigenvalue weighted by atomic mass is 35.5. The lowest BCUT2D eigenvalue weighted by Gasteiger charge is -2.08. The van der Waals surface area contributed by atoms with E-state index in [1.807, 2.05) is 45.0 Å². The topological polar surface area (TPSA) is 86.1 Å². The van der Waals surface area contributed by atoms with Crippen LogP contribution in [0.3, 0.4) is 0 Å². The number of nitrogens with zero attached hydrogens (tertiary/aromatic N) is 3. The second-order valence-electron chi connectivity index (χ2n) is 7.46. The number of hydrogen-bond acceptors (Lipinski definition) is 5. The molecule has 4 rings (SSSR count). The highest BCUT2D eigenvalue weighted by molar-refractivity contribution is 6.29. The number of carbonyl (C=O) groups excluding carboxylic acids is 2. The molecule has 0 fully saturated rings. The van der Waals surface area contributed by atoms with Crippen LogP contribution in [-0.2, 0) is 9.53 Å². The summed E-state index contributed by atoms with van der Waals surface area (Å²) in [6, 6.07) is 16.3. The van der Waals surface area contributed by atoms with Crippen molar-refractivity contribution in [1.82, 2.24) is 14.8 Å². The minimum absolute atomic E-state index is 0.328. The second-order valence-corrected chi connectivity index (χ2v) is 7.85. The number of aromatic nitrogens is 3. The Hall–Kier alpha value is -3.71. The molecule has 2 aromatic heterocycles. The number of nitrogens with one attached hydrogen (secondary N) is 1. The maximum atomic E-state index is 12.4. The molecule has 8 heteroatoms. The number of amides is 1. The Bertz CT molecular complexity index is 1330. The number of ether oxygens (including phenoxy) is 1. The Kier molecular flexibility index (Phi) is 5.92. The molecule has 0 aliphatic heterocycles. The maximum absolute atomic E-state index is 12.4. The summed E-state index contributed by atoms with van der Waals surface area (Å²) in [5.41, 5.74) is 5.10. The minimum atomic E-state index is -0.596. The van der Waals surface area contributed by atoms with E-state index < -0.39 is 18.5 Å². The highest BCUT2D eigenvalue weighted by Gasteiger charge is 2.17. The second kappa shape index (κ2) is 8.80. The molecule has 0 aliphatic carbocycles. The van der Waals surface area contributed by atoms with E-state index in [9.17, 15) is 9.59 Å². The Morgan fingerprint density at radius 2 is 1.78 bits per heavy atom. The molecule has 2 heterocycles. The third-order valence-corrected chi connectivity index (χ3v) is 5.27. The summed E-state index contributed by atoms with van der Waals surface area (Å²) in [6.07, 6.45) is 0. The van der Waals surface area contributed by atoms with E-state index >= 15 is 0 Å². The summed E-state index contributed by atoms with van der Waals surface area (Å²) in [6.45, 7) is 5.29. The van der Waals surface area contributed by atoms with E-state index in [2.05, 4.69) is 15.4 Å². The highest BCUT2D eigenvalue weighted by Crippen LogP contribution is 2.23.